The molecular weight excluding hydrogens is 344 g/mol. The average Bonchev–Trinajstić information content (AvgIpc) is 3.13. The van der Waals surface area contributed by atoms with Crippen molar-refractivity contribution in [2.45, 2.75) is 0 Å². The molecule has 0 saturated carbocycles. The highest BCUT2D eigenvalue weighted by atomic mass is 32.1. The van der Waals surface area contributed by atoms with Gasteiger partial charge in [-0.1, -0.05) is 12.1 Å². The van der Waals surface area contributed by atoms with Crippen molar-refractivity contribution in [1.29, 1.82) is 0 Å². The van der Waals surface area contributed by atoms with Gasteiger partial charge in [-0.2, -0.15) is 0 Å². The van der Waals surface area contributed by atoms with Gasteiger partial charge in [-0.05, 0) is 35.2 Å². The lowest BCUT2D eigenvalue weighted by molar-refractivity contribution is -0.115. The summed E-state index contributed by atoms with van der Waals surface area (Å²) in [5.74, 6) is 0.327. The van der Waals surface area contributed by atoms with Gasteiger partial charge >= 0.3 is 0 Å². The van der Waals surface area contributed by atoms with Gasteiger partial charge < -0.3 is 11.1 Å². The van der Waals surface area contributed by atoms with E-state index in [2.05, 4.69) is 26.7 Å². The lowest BCUT2D eigenvalue weighted by Crippen LogP contribution is -2.13. The molecule has 1 amide bonds. The van der Waals surface area contributed by atoms with E-state index in [1.807, 2.05) is 24.3 Å². The fourth-order valence-electron chi connectivity index (χ4n) is 2.91. The van der Waals surface area contributed by atoms with Gasteiger partial charge in [0.1, 0.15) is 5.82 Å². The second kappa shape index (κ2) is 6.57. The van der Waals surface area contributed by atoms with Gasteiger partial charge in [-0.15, -0.1) is 11.3 Å². The summed E-state index contributed by atoms with van der Waals surface area (Å²) < 4.78 is 1.01. The lowest BCUT2D eigenvalue weighted by Gasteiger charge is -2.05. The first-order chi connectivity index (χ1) is 12.7. The third kappa shape index (κ3) is 2.80. The smallest absolute Gasteiger partial charge is 0.243 e. The van der Waals surface area contributed by atoms with Crippen LogP contribution in [-0.2, 0) is 4.79 Å². The Bertz CT molecular complexity index is 1160. The number of nitrogens with one attached hydrogen (secondary N) is 1. The van der Waals surface area contributed by atoms with Gasteiger partial charge in [0, 0.05) is 52.1 Å². The number of likely N-dealkylation sites (N-methyl/N-ethyl adjacent to an activating group) is 1. The van der Waals surface area contributed by atoms with E-state index >= 15 is 0 Å². The van der Waals surface area contributed by atoms with Crippen LogP contribution in [0.1, 0.15) is 5.56 Å². The van der Waals surface area contributed by atoms with Crippen LogP contribution in [-0.4, -0.2) is 22.9 Å². The van der Waals surface area contributed by atoms with Crippen LogP contribution in [0.25, 0.3) is 38.2 Å². The number of carbonyl (C=O) groups is 1. The highest BCUT2D eigenvalue weighted by Gasteiger charge is 2.13. The third-order valence-corrected chi connectivity index (χ3v) is 5.26. The molecule has 26 heavy (non-hydrogen) atoms. The number of fused-ring (bicyclic) bond motifs is 2. The van der Waals surface area contributed by atoms with Crippen molar-refractivity contribution in [1.82, 2.24) is 15.3 Å². The molecule has 0 aliphatic carbocycles. The van der Waals surface area contributed by atoms with Crippen molar-refractivity contribution in [3.63, 3.8) is 0 Å². The summed E-state index contributed by atoms with van der Waals surface area (Å²) in [6, 6.07) is 10.1. The first-order valence-corrected chi connectivity index (χ1v) is 8.96. The summed E-state index contributed by atoms with van der Waals surface area (Å²) >= 11 is 1.60. The van der Waals surface area contributed by atoms with Gasteiger partial charge in [0.25, 0.3) is 0 Å². The number of aromatic nitrogens is 2. The number of carbonyl (C=O) groups excluding carboxylic acids is 1. The minimum Gasteiger partial charge on any atom is -0.383 e. The average molecular weight is 360 g/mol. The fraction of sp³-hybridized carbons (Fsp3) is 0.0500. The maximum atomic E-state index is 11.5. The topological polar surface area (TPSA) is 80.9 Å². The molecule has 0 atom stereocenters. The number of thiophene rings is 1. The number of nitrogens with zero attached hydrogens (tertiary/aromatic N) is 2. The standard InChI is InChI=1S/C20H16N4OS/c1-22-17(25)7-5-14-10-24-20(21)18-15(11-26-19(14)18)12-4-6-16-13(9-12)3-2-8-23-16/h2-11H,1H3,(H2,21,24)(H,22,25)/b7-5+. The van der Waals surface area contributed by atoms with Gasteiger partial charge in [0.05, 0.1) is 5.52 Å². The van der Waals surface area contributed by atoms with Crippen LogP contribution in [0.3, 0.4) is 0 Å². The molecule has 0 spiro atoms. The van der Waals surface area contributed by atoms with E-state index < -0.39 is 0 Å². The second-order valence-electron chi connectivity index (χ2n) is 5.81. The van der Waals surface area contributed by atoms with E-state index in [0.717, 1.165) is 37.7 Å². The predicted octanol–water partition coefficient (Wildman–Crippen LogP) is 3.85. The number of hydrogen-bond acceptors (Lipinski definition) is 5. The Hall–Kier alpha value is -3.25. The monoisotopic (exact) mass is 360 g/mol. The number of pyridine rings is 2. The maximum absolute atomic E-state index is 11.5. The van der Waals surface area contributed by atoms with Crippen molar-refractivity contribution >= 4 is 50.1 Å². The molecule has 3 aromatic heterocycles. The van der Waals surface area contributed by atoms with E-state index in [4.69, 9.17) is 5.73 Å². The van der Waals surface area contributed by atoms with Crippen LogP contribution >= 0.6 is 11.3 Å². The van der Waals surface area contributed by atoms with Crippen LogP contribution in [0.15, 0.2) is 54.2 Å². The first-order valence-electron chi connectivity index (χ1n) is 8.08. The summed E-state index contributed by atoms with van der Waals surface area (Å²) in [5.41, 5.74) is 10.1. The zero-order valence-electron chi connectivity index (χ0n) is 14.1. The van der Waals surface area contributed by atoms with Crippen LogP contribution in [0.4, 0.5) is 5.82 Å². The summed E-state index contributed by atoms with van der Waals surface area (Å²) in [6.07, 6.45) is 6.74. The van der Waals surface area contributed by atoms with E-state index in [0.29, 0.717) is 5.82 Å². The Morgan fingerprint density at radius 3 is 3.00 bits per heavy atom. The Morgan fingerprint density at radius 1 is 1.27 bits per heavy atom. The predicted molar refractivity (Wildman–Crippen MR) is 108 cm³/mol. The summed E-state index contributed by atoms with van der Waals surface area (Å²) in [6.45, 7) is 0. The van der Waals surface area contributed by atoms with Gasteiger partial charge in [0.2, 0.25) is 5.91 Å². The molecule has 0 aliphatic heterocycles. The maximum Gasteiger partial charge on any atom is 0.243 e. The lowest BCUT2D eigenvalue weighted by atomic mass is 10.0. The highest BCUT2D eigenvalue weighted by molar-refractivity contribution is 7.18. The summed E-state index contributed by atoms with van der Waals surface area (Å²) in [7, 11) is 1.60. The van der Waals surface area contributed by atoms with E-state index in [9.17, 15) is 4.79 Å². The Balaban J connectivity index is 1.88. The minimum atomic E-state index is -0.159. The molecule has 128 valence electrons. The van der Waals surface area contributed by atoms with Gasteiger partial charge in [-0.3, -0.25) is 9.78 Å². The molecule has 0 bridgehead atoms. The first kappa shape index (κ1) is 16.2. The molecule has 0 fully saturated rings. The van der Waals surface area contributed by atoms with Crippen molar-refractivity contribution < 1.29 is 4.79 Å². The Kier molecular flexibility index (Phi) is 4.10. The van der Waals surface area contributed by atoms with Crippen LogP contribution in [0.2, 0.25) is 0 Å². The van der Waals surface area contributed by atoms with Crippen LogP contribution in [0, 0.1) is 0 Å². The SMILES string of the molecule is CNC(=O)/C=C/c1cnc(N)c2c(-c3ccc4ncccc4c3)csc12. The van der Waals surface area contributed by atoms with Gasteiger partial charge in [0.15, 0.2) is 0 Å². The molecule has 6 heteroatoms. The number of hydrogen-bond donors (Lipinski definition) is 2. The zero-order valence-corrected chi connectivity index (χ0v) is 14.9. The molecule has 5 nitrogen and oxygen atoms in total. The van der Waals surface area contributed by atoms with E-state index in [1.165, 1.54) is 6.08 Å². The molecule has 1 aromatic carbocycles. The van der Waals surface area contributed by atoms with Crippen molar-refractivity contribution in [2.75, 3.05) is 12.8 Å². The highest BCUT2D eigenvalue weighted by Crippen LogP contribution is 2.39. The van der Waals surface area contributed by atoms with E-state index in [-0.39, 0.29) is 5.91 Å². The van der Waals surface area contributed by atoms with Crippen molar-refractivity contribution in [3.05, 3.63) is 59.7 Å². The largest absolute Gasteiger partial charge is 0.383 e. The molecule has 3 N–H and O–H groups in total. The molecule has 0 aliphatic rings. The number of amides is 1. The summed E-state index contributed by atoms with van der Waals surface area (Å²) in [4.78, 5) is 20.2. The molecule has 4 rings (SSSR count). The number of nitrogens with two attached hydrogens (primary N) is 1. The van der Waals surface area contributed by atoms with Crippen molar-refractivity contribution in [2.24, 2.45) is 0 Å². The molecule has 0 radical (unpaired) electrons. The third-order valence-electron chi connectivity index (χ3n) is 4.23. The van der Waals surface area contributed by atoms with Crippen LogP contribution in [0.5, 0.6) is 0 Å². The van der Waals surface area contributed by atoms with Crippen LogP contribution < -0.4 is 11.1 Å². The molecule has 4 aromatic rings. The number of anilines is 1. The zero-order chi connectivity index (χ0) is 18.1. The summed E-state index contributed by atoms with van der Waals surface area (Å²) in [5, 5.41) is 6.64. The second-order valence-corrected chi connectivity index (χ2v) is 6.69. The number of benzene rings is 1. The molecule has 3 heterocycles. The normalized spacial score (nSPS) is 11.4. The van der Waals surface area contributed by atoms with Gasteiger partial charge in [-0.25, -0.2) is 4.98 Å². The number of nitrogen functional groups attached to an aromatic ring is 1. The Labute approximate surface area is 154 Å². The minimum absolute atomic E-state index is 0.159. The number of rotatable bonds is 3. The quantitative estimate of drug-likeness (QED) is 0.544. The van der Waals surface area contributed by atoms with Crippen molar-refractivity contribution in [3.8, 4) is 11.1 Å². The fourth-order valence-corrected chi connectivity index (χ4v) is 3.99. The van der Waals surface area contributed by atoms with E-state index in [1.54, 1.807) is 36.9 Å². The Morgan fingerprint density at radius 2 is 2.15 bits per heavy atom. The molecule has 0 saturated heterocycles. The molecule has 0 unspecified atom stereocenters. The molecular formula is C20H16N4OS.